The zero-order chi connectivity index (χ0) is 22.4. The number of hydrogen-bond donors (Lipinski definition) is 0. The minimum atomic E-state index is -2.20. The van der Waals surface area contributed by atoms with E-state index in [9.17, 15) is 4.79 Å². The van der Waals surface area contributed by atoms with Gasteiger partial charge in [-0.1, -0.05) is 0 Å². The third-order valence-corrected chi connectivity index (χ3v) is 11.2. The number of pyridine rings is 2. The number of rotatable bonds is 5. The Morgan fingerprint density at radius 2 is 1.77 bits per heavy atom. The molecular weight excluding hydrogens is 495 g/mol. The van der Waals surface area contributed by atoms with Crippen molar-refractivity contribution in [3.63, 3.8) is 0 Å². The maximum atomic E-state index is 12.9. The minimum absolute atomic E-state index is 0.170. The van der Waals surface area contributed by atoms with E-state index in [1.165, 1.54) is 16.6 Å². The van der Waals surface area contributed by atoms with Gasteiger partial charge in [-0.15, -0.1) is 0 Å². The molecule has 6 nitrogen and oxygen atoms in total. The summed E-state index contributed by atoms with van der Waals surface area (Å²) in [4.78, 5) is 34.1. The van der Waals surface area contributed by atoms with Crippen molar-refractivity contribution < 1.29 is 9.53 Å². The molecule has 4 rings (SSSR count). The zero-order valence-electron chi connectivity index (χ0n) is 19.8. The van der Waals surface area contributed by atoms with E-state index in [2.05, 4.69) is 44.0 Å². The average Bonchev–Trinajstić information content (AvgIpc) is 3.37. The van der Waals surface area contributed by atoms with E-state index < -0.39 is 24.0 Å². The van der Waals surface area contributed by atoms with Crippen LogP contribution >= 0.6 is 0 Å². The van der Waals surface area contributed by atoms with Gasteiger partial charge in [0.1, 0.15) is 5.60 Å². The van der Waals surface area contributed by atoms with Gasteiger partial charge in [0.05, 0.1) is 0 Å². The van der Waals surface area contributed by atoms with Crippen LogP contribution in [0.15, 0.2) is 24.3 Å². The first-order valence-electron chi connectivity index (χ1n) is 11.5. The molecule has 0 radical (unpaired) electrons. The summed E-state index contributed by atoms with van der Waals surface area (Å²) in [5, 5.41) is 0. The van der Waals surface area contributed by atoms with Gasteiger partial charge in [-0.3, -0.25) is 0 Å². The number of aromatic nitrogens is 2. The summed E-state index contributed by atoms with van der Waals surface area (Å²) < 4.78 is 7.01. The summed E-state index contributed by atoms with van der Waals surface area (Å²) >= 11 is -2.20. The van der Waals surface area contributed by atoms with Gasteiger partial charge in [0.2, 0.25) is 0 Å². The maximum absolute atomic E-state index is 12.9. The van der Waals surface area contributed by atoms with E-state index in [0.717, 1.165) is 42.9 Å². The molecule has 2 fully saturated rings. The van der Waals surface area contributed by atoms with Crippen LogP contribution in [0.5, 0.6) is 0 Å². The summed E-state index contributed by atoms with van der Waals surface area (Å²) in [5.74, 6) is 1.60. The normalized spacial score (nSPS) is 19.7. The number of hydrogen-bond acceptors (Lipinski definition) is 5. The number of nitrogens with zero attached hydrogens (tertiary/aromatic N) is 4. The molecule has 3 heterocycles. The summed E-state index contributed by atoms with van der Waals surface area (Å²) in [6, 6.07) is 8.64. The Morgan fingerprint density at radius 3 is 2.42 bits per heavy atom. The first-order valence-corrected chi connectivity index (χ1v) is 21.5. The number of carbonyl (C=O) groups is 1. The van der Waals surface area contributed by atoms with E-state index in [1.807, 2.05) is 25.7 Å². The molecule has 2 aromatic rings. The Labute approximate surface area is 190 Å². The van der Waals surface area contributed by atoms with Gasteiger partial charge in [-0.2, -0.15) is 0 Å². The third-order valence-electron chi connectivity index (χ3n) is 6.00. The van der Waals surface area contributed by atoms with Gasteiger partial charge in [0, 0.05) is 0 Å². The van der Waals surface area contributed by atoms with E-state index in [1.54, 1.807) is 0 Å². The first-order chi connectivity index (χ1) is 14.5. The fourth-order valence-corrected chi connectivity index (χ4v) is 7.03. The van der Waals surface area contributed by atoms with E-state index in [4.69, 9.17) is 14.7 Å². The second kappa shape index (κ2) is 8.41. The average molecular weight is 531 g/mol. The first kappa shape index (κ1) is 22.6. The monoisotopic (exact) mass is 532 g/mol. The van der Waals surface area contributed by atoms with Crippen LogP contribution in [0.1, 0.15) is 40.0 Å². The van der Waals surface area contributed by atoms with Gasteiger partial charge in [0.15, 0.2) is 0 Å². The van der Waals surface area contributed by atoms with Crippen molar-refractivity contribution in [1.29, 1.82) is 0 Å². The fourth-order valence-electron chi connectivity index (χ4n) is 4.07. The van der Waals surface area contributed by atoms with Gasteiger partial charge >= 0.3 is 151 Å². The quantitative estimate of drug-likeness (QED) is 0.536. The van der Waals surface area contributed by atoms with Crippen molar-refractivity contribution in [2.75, 3.05) is 24.5 Å². The molecule has 0 bridgehead atoms. The predicted octanol–water partition coefficient (Wildman–Crippen LogP) is 4.40. The Kier molecular flexibility index (Phi) is 6.14. The molecular formula is C24H36N4O2Sn. The van der Waals surface area contributed by atoms with Crippen LogP contribution in [-0.4, -0.2) is 70.6 Å². The number of fused-ring (bicyclic) bond motifs is 1. The summed E-state index contributed by atoms with van der Waals surface area (Å²) in [6.45, 7) is 8.31. The van der Waals surface area contributed by atoms with Crippen LogP contribution in [0, 0.1) is 5.92 Å². The fraction of sp³-hybridized carbons (Fsp3) is 0.625. The Bertz CT molecular complexity index is 962. The predicted molar refractivity (Wildman–Crippen MR) is 129 cm³/mol. The molecule has 7 heteroatoms. The van der Waals surface area contributed by atoms with Crippen LogP contribution in [0.4, 0.5) is 10.6 Å². The number of carbonyl (C=O) groups excluding carboxylic acids is 1. The topological polar surface area (TPSA) is 58.6 Å². The van der Waals surface area contributed by atoms with Crippen LogP contribution in [0.3, 0.4) is 0 Å². The van der Waals surface area contributed by atoms with Gasteiger partial charge < -0.3 is 0 Å². The van der Waals surface area contributed by atoms with Crippen LogP contribution in [0.25, 0.3) is 11.0 Å². The van der Waals surface area contributed by atoms with Crippen molar-refractivity contribution in [3.05, 3.63) is 24.3 Å². The molecule has 31 heavy (non-hydrogen) atoms. The van der Waals surface area contributed by atoms with E-state index in [0.29, 0.717) is 5.92 Å². The van der Waals surface area contributed by atoms with Crippen molar-refractivity contribution >= 4 is 45.0 Å². The number of ether oxygens (including phenoxy) is 1. The number of amides is 1. The molecule has 0 aromatic carbocycles. The van der Waals surface area contributed by atoms with Crippen molar-refractivity contribution in [3.8, 4) is 0 Å². The third kappa shape index (κ3) is 5.62. The van der Waals surface area contributed by atoms with Gasteiger partial charge in [-0.25, -0.2) is 0 Å². The van der Waals surface area contributed by atoms with Crippen molar-refractivity contribution in [2.45, 2.75) is 66.5 Å². The van der Waals surface area contributed by atoms with Crippen molar-refractivity contribution in [2.24, 2.45) is 5.92 Å². The molecule has 1 amide bonds. The van der Waals surface area contributed by atoms with Crippen LogP contribution < -0.4 is 8.61 Å². The molecule has 1 unspecified atom stereocenters. The molecule has 1 saturated heterocycles. The second-order valence-electron chi connectivity index (χ2n) is 11.1. The van der Waals surface area contributed by atoms with Gasteiger partial charge in [-0.05, 0) is 33.6 Å². The molecule has 1 aliphatic carbocycles. The summed E-state index contributed by atoms with van der Waals surface area (Å²) in [7, 11) is 0. The van der Waals surface area contributed by atoms with Gasteiger partial charge in [0.25, 0.3) is 0 Å². The molecule has 1 atom stereocenters. The Balaban J connectivity index is 1.50. The summed E-state index contributed by atoms with van der Waals surface area (Å²) in [5.41, 5.74) is 1.45. The van der Waals surface area contributed by atoms with E-state index >= 15 is 0 Å². The van der Waals surface area contributed by atoms with Crippen LogP contribution in [0.2, 0.25) is 14.8 Å². The summed E-state index contributed by atoms with van der Waals surface area (Å²) in [6.07, 6.45) is 3.20. The van der Waals surface area contributed by atoms with Crippen molar-refractivity contribution in [1.82, 2.24) is 14.9 Å². The molecule has 0 N–H and O–H groups in total. The standard InChI is InChI=1S/C21H27N4O2.3CH3.Sn/c1-21(2,3)27-20(26)25(13-15-6-7-15)16-10-12-24(14-16)19-9-8-17-18(23-19)5-4-11-22-17;;;;/h4-5,8-9,15-16H,6-7,10,12-14H2,1-3H3;3*1H3;. The SMILES string of the molecule is CC(C)(C)OC(=O)N(CC1CC1)C1CCN(c2ccc3n[c]([Sn]([CH3])([CH3])[CH3])ccc3n2)C1. The van der Waals surface area contributed by atoms with Crippen LogP contribution in [-0.2, 0) is 4.74 Å². The molecule has 1 saturated carbocycles. The van der Waals surface area contributed by atoms with E-state index in [-0.39, 0.29) is 12.1 Å². The Morgan fingerprint density at radius 1 is 1.10 bits per heavy atom. The molecule has 2 aromatic heterocycles. The Hall–Kier alpha value is -1.57. The molecule has 1 aliphatic heterocycles. The second-order valence-corrected chi connectivity index (χ2v) is 25.4. The molecule has 168 valence electrons. The zero-order valence-corrected chi connectivity index (χ0v) is 22.7. The molecule has 2 aliphatic rings. The number of anilines is 1. The molecule has 0 spiro atoms.